The zero-order chi connectivity index (χ0) is 22.5. The summed E-state index contributed by atoms with van der Waals surface area (Å²) in [7, 11) is 3.77. The highest BCUT2D eigenvalue weighted by molar-refractivity contribution is 5.92. The number of carbonyl (C=O) groups excluding carboxylic acids is 1. The van der Waals surface area contributed by atoms with Gasteiger partial charge in [-0.1, -0.05) is 13.3 Å². The predicted octanol–water partition coefficient (Wildman–Crippen LogP) is 5.21. The Hall–Kier alpha value is -1.36. The minimum Gasteiger partial charge on any atom is -0.379 e. The SMILES string of the molecule is CO[C@]1(C)CC[C@H]2[C@H](CC[C@@H]3[C@@H]2CC[C@]2(C)[C@@H](CNC(=O)c4ccn(C)n4)CCC[C@@H]32)C1. The van der Waals surface area contributed by atoms with E-state index in [9.17, 15) is 4.79 Å². The molecule has 0 saturated heterocycles. The fourth-order valence-electron chi connectivity index (χ4n) is 8.74. The Morgan fingerprint density at radius 1 is 1.12 bits per heavy atom. The summed E-state index contributed by atoms with van der Waals surface area (Å²) >= 11 is 0. The third-order valence-corrected chi connectivity index (χ3v) is 10.6. The number of rotatable bonds is 4. The fraction of sp³-hybridized carbons (Fsp3) is 0.852. The first-order valence-corrected chi connectivity index (χ1v) is 13.2. The number of amides is 1. The first-order chi connectivity index (χ1) is 15.3. The summed E-state index contributed by atoms with van der Waals surface area (Å²) in [6, 6.07) is 1.81. The minimum atomic E-state index is -0.0195. The fourth-order valence-corrected chi connectivity index (χ4v) is 8.74. The molecule has 0 unspecified atom stereocenters. The zero-order valence-corrected chi connectivity index (χ0v) is 20.6. The van der Waals surface area contributed by atoms with Crippen LogP contribution in [0.25, 0.3) is 0 Å². The normalized spacial score (nSPS) is 43.6. The van der Waals surface area contributed by atoms with Crippen LogP contribution in [0.5, 0.6) is 0 Å². The first-order valence-electron chi connectivity index (χ1n) is 13.2. The molecule has 1 aromatic heterocycles. The van der Waals surface area contributed by atoms with Crippen LogP contribution in [0.3, 0.4) is 0 Å². The van der Waals surface area contributed by atoms with Crippen molar-refractivity contribution in [3.63, 3.8) is 0 Å². The predicted molar refractivity (Wildman–Crippen MR) is 126 cm³/mol. The summed E-state index contributed by atoms with van der Waals surface area (Å²) in [5, 5.41) is 7.52. The summed E-state index contributed by atoms with van der Waals surface area (Å²) < 4.78 is 7.62. The number of ether oxygens (including phenoxy) is 1. The Morgan fingerprint density at radius 3 is 2.69 bits per heavy atom. The molecular weight excluding hydrogens is 398 g/mol. The molecule has 5 rings (SSSR count). The quantitative estimate of drug-likeness (QED) is 0.697. The second-order valence-corrected chi connectivity index (χ2v) is 12.1. The number of nitrogens with zero attached hydrogens (tertiary/aromatic N) is 2. The summed E-state index contributed by atoms with van der Waals surface area (Å²) in [6.07, 6.45) is 15.2. The van der Waals surface area contributed by atoms with Gasteiger partial charge in [0.1, 0.15) is 5.69 Å². The van der Waals surface area contributed by atoms with Crippen LogP contribution in [0.15, 0.2) is 12.3 Å². The number of nitrogens with one attached hydrogen (secondary N) is 1. The van der Waals surface area contributed by atoms with Crippen LogP contribution < -0.4 is 5.32 Å². The van der Waals surface area contributed by atoms with Gasteiger partial charge in [0.05, 0.1) is 5.60 Å². The number of fused-ring (bicyclic) bond motifs is 5. The van der Waals surface area contributed by atoms with Crippen LogP contribution in [0.2, 0.25) is 0 Å². The molecule has 0 bridgehead atoms. The van der Waals surface area contributed by atoms with Crippen molar-refractivity contribution in [2.45, 2.75) is 83.7 Å². The molecule has 1 N–H and O–H groups in total. The average molecular weight is 442 g/mol. The number of carbonyl (C=O) groups is 1. The standard InChI is InChI=1S/C27H43N3O2/c1-26(32-4)13-10-20-18(16-26)8-9-22-21(20)11-14-27(2)19(6-5-7-23(22)27)17-28-25(31)24-12-15-30(3)29-24/h12,15,18-23H,5-11,13-14,16-17H2,1-4H3,(H,28,31)/t18-,19-,20+,21-,22-,23+,26-,27-/m1/s1. The Morgan fingerprint density at radius 2 is 1.94 bits per heavy atom. The van der Waals surface area contributed by atoms with Crippen LogP contribution in [-0.2, 0) is 11.8 Å². The molecule has 4 aliphatic rings. The highest BCUT2D eigenvalue weighted by atomic mass is 16.5. The lowest BCUT2D eigenvalue weighted by Gasteiger charge is -2.61. The van der Waals surface area contributed by atoms with Crippen molar-refractivity contribution in [3.8, 4) is 0 Å². The van der Waals surface area contributed by atoms with E-state index in [1.165, 1.54) is 64.2 Å². The van der Waals surface area contributed by atoms with Gasteiger partial charge in [0, 0.05) is 26.9 Å². The minimum absolute atomic E-state index is 0.0195. The van der Waals surface area contributed by atoms with Crippen molar-refractivity contribution >= 4 is 5.91 Å². The van der Waals surface area contributed by atoms with Gasteiger partial charge in [-0.2, -0.15) is 5.10 Å². The second-order valence-electron chi connectivity index (χ2n) is 12.1. The molecule has 5 nitrogen and oxygen atoms in total. The van der Waals surface area contributed by atoms with E-state index in [2.05, 4.69) is 24.3 Å². The molecule has 8 atom stereocenters. The molecule has 0 aromatic carbocycles. The molecule has 4 saturated carbocycles. The lowest BCUT2D eigenvalue weighted by atomic mass is 9.45. The smallest absolute Gasteiger partial charge is 0.271 e. The van der Waals surface area contributed by atoms with Crippen molar-refractivity contribution in [1.29, 1.82) is 0 Å². The van der Waals surface area contributed by atoms with Gasteiger partial charge >= 0.3 is 0 Å². The van der Waals surface area contributed by atoms with Gasteiger partial charge in [-0.05, 0) is 112 Å². The summed E-state index contributed by atoms with van der Waals surface area (Å²) in [4.78, 5) is 12.6. The van der Waals surface area contributed by atoms with Crippen LogP contribution >= 0.6 is 0 Å². The highest BCUT2D eigenvalue weighted by Crippen LogP contribution is 2.63. The molecule has 4 aliphatic carbocycles. The van der Waals surface area contributed by atoms with E-state index < -0.39 is 0 Å². The number of hydrogen-bond acceptors (Lipinski definition) is 3. The van der Waals surface area contributed by atoms with Crippen molar-refractivity contribution in [2.24, 2.45) is 48.0 Å². The number of methoxy groups -OCH3 is 1. The first kappa shape index (κ1) is 22.4. The van der Waals surface area contributed by atoms with E-state index in [0.29, 0.717) is 17.0 Å². The van der Waals surface area contributed by atoms with E-state index in [1.54, 1.807) is 4.68 Å². The van der Waals surface area contributed by atoms with Crippen molar-refractivity contribution in [1.82, 2.24) is 15.1 Å². The lowest BCUT2D eigenvalue weighted by molar-refractivity contribution is -0.132. The third kappa shape index (κ3) is 3.82. The van der Waals surface area contributed by atoms with Crippen LogP contribution in [-0.4, -0.2) is 34.9 Å². The van der Waals surface area contributed by atoms with E-state index in [4.69, 9.17) is 4.74 Å². The second kappa shape index (κ2) is 8.45. The van der Waals surface area contributed by atoms with Gasteiger partial charge in [-0.25, -0.2) is 0 Å². The Balaban J connectivity index is 1.26. The lowest BCUT2D eigenvalue weighted by Crippen LogP contribution is -2.55. The largest absolute Gasteiger partial charge is 0.379 e. The molecule has 5 heteroatoms. The third-order valence-electron chi connectivity index (χ3n) is 10.6. The molecule has 1 heterocycles. The van der Waals surface area contributed by atoms with Crippen molar-refractivity contribution in [2.75, 3.05) is 13.7 Å². The summed E-state index contributed by atoms with van der Waals surface area (Å²) in [5.74, 6) is 5.03. The van der Waals surface area contributed by atoms with Gasteiger partial charge in [0.25, 0.3) is 5.91 Å². The van der Waals surface area contributed by atoms with Gasteiger partial charge in [0.15, 0.2) is 0 Å². The van der Waals surface area contributed by atoms with E-state index >= 15 is 0 Å². The molecule has 178 valence electrons. The van der Waals surface area contributed by atoms with Crippen molar-refractivity contribution in [3.05, 3.63) is 18.0 Å². The molecule has 0 radical (unpaired) electrons. The van der Waals surface area contributed by atoms with Gasteiger partial charge in [-0.15, -0.1) is 0 Å². The van der Waals surface area contributed by atoms with E-state index in [0.717, 1.165) is 36.1 Å². The average Bonchev–Trinajstić information content (AvgIpc) is 3.23. The number of aryl methyl sites for hydroxylation is 1. The van der Waals surface area contributed by atoms with Crippen LogP contribution in [0.1, 0.15) is 88.5 Å². The molecule has 0 aliphatic heterocycles. The topological polar surface area (TPSA) is 56.1 Å². The molecule has 32 heavy (non-hydrogen) atoms. The molecular formula is C27H43N3O2. The molecule has 4 fully saturated rings. The maximum Gasteiger partial charge on any atom is 0.271 e. The van der Waals surface area contributed by atoms with Crippen LogP contribution in [0.4, 0.5) is 0 Å². The monoisotopic (exact) mass is 441 g/mol. The Bertz CT molecular complexity index is 837. The maximum atomic E-state index is 12.6. The highest BCUT2D eigenvalue weighted by Gasteiger charge is 2.56. The zero-order valence-electron chi connectivity index (χ0n) is 20.6. The summed E-state index contributed by atoms with van der Waals surface area (Å²) in [5.41, 5.74) is 1.02. The summed E-state index contributed by atoms with van der Waals surface area (Å²) in [6.45, 7) is 5.70. The molecule has 1 amide bonds. The van der Waals surface area contributed by atoms with E-state index in [-0.39, 0.29) is 11.5 Å². The Kier molecular flexibility index (Phi) is 5.92. The van der Waals surface area contributed by atoms with E-state index in [1.807, 2.05) is 26.4 Å². The molecule has 1 aromatic rings. The maximum absolute atomic E-state index is 12.6. The van der Waals surface area contributed by atoms with Gasteiger partial charge < -0.3 is 10.1 Å². The Labute approximate surface area is 194 Å². The van der Waals surface area contributed by atoms with Crippen LogP contribution in [0, 0.1) is 40.9 Å². The van der Waals surface area contributed by atoms with Gasteiger partial charge in [0.2, 0.25) is 0 Å². The van der Waals surface area contributed by atoms with Gasteiger partial charge in [-0.3, -0.25) is 9.48 Å². The molecule has 0 spiro atoms. The number of aromatic nitrogens is 2. The van der Waals surface area contributed by atoms with Crippen molar-refractivity contribution < 1.29 is 9.53 Å². The number of hydrogen-bond donors (Lipinski definition) is 1.